The lowest BCUT2D eigenvalue weighted by Gasteiger charge is -2.06. The number of amides is 1. The second-order valence-corrected chi connectivity index (χ2v) is 8.43. The van der Waals surface area contributed by atoms with Crippen LogP contribution < -0.4 is 10.2 Å². The fourth-order valence-electron chi connectivity index (χ4n) is 3.61. The van der Waals surface area contributed by atoms with Crippen molar-refractivity contribution in [2.75, 3.05) is 0 Å². The summed E-state index contributed by atoms with van der Waals surface area (Å²) in [6.07, 6.45) is 16.3. The number of carbonyl (C=O) groups excluding carboxylic acids is 1. The molecule has 0 radical (unpaired) electrons. The molecule has 0 aromatic heterocycles. The number of hydrazone groups is 1. The van der Waals surface area contributed by atoms with E-state index in [1.165, 1.54) is 57.8 Å². The van der Waals surface area contributed by atoms with E-state index in [0.29, 0.717) is 13.0 Å². The highest BCUT2D eigenvalue weighted by Gasteiger charge is 2.00. The van der Waals surface area contributed by atoms with E-state index in [1.54, 1.807) is 6.21 Å². The number of hydrogen-bond donors (Lipinski definition) is 1. The zero-order chi connectivity index (χ0) is 22.7. The van der Waals surface area contributed by atoms with E-state index in [0.717, 1.165) is 29.7 Å². The van der Waals surface area contributed by atoms with Crippen LogP contribution in [-0.4, -0.2) is 12.1 Å². The van der Waals surface area contributed by atoms with E-state index in [-0.39, 0.29) is 5.91 Å². The Hall–Kier alpha value is -2.62. The van der Waals surface area contributed by atoms with E-state index < -0.39 is 0 Å². The smallest absolute Gasteiger partial charge is 0.240 e. The Morgan fingerprint density at radius 2 is 1.50 bits per heavy atom. The molecule has 0 atom stereocenters. The van der Waals surface area contributed by atoms with Gasteiger partial charge in [0.15, 0.2) is 0 Å². The zero-order valence-corrected chi connectivity index (χ0v) is 19.7. The van der Waals surface area contributed by atoms with Crippen LogP contribution in [0.1, 0.15) is 95.1 Å². The van der Waals surface area contributed by atoms with E-state index in [1.807, 2.05) is 54.6 Å². The lowest BCUT2D eigenvalue weighted by atomic mass is 10.1. The first-order valence-electron chi connectivity index (χ1n) is 12.4. The number of nitrogens with zero attached hydrogens (tertiary/aromatic N) is 1. The van der Waals surface area contributed by atoms with Gasteiger partial charge in [-0.05, 0) is 29.7 Å². The molecule has 0 aliphatic heterocycles. The topological polar surface area (TPSA) is 50.7 Å². The van der Waals surface area contributed by atoms with Crippen LogP contribution in [-0.2, 0) is 11.4 Å². The van der Waals surface area contributed by atoms with Crippen LogP contribution in [0.5, 0.6) is 5.75 Å². The van der Waals surface area contributed by atoms with Gasteiger partial charge >= 0.3 is 0 Å². The monoisotopic (exact) mass is 436 g/mol. The standard InChI is InChI=1S/C28H40N2O2/c1-2-3-4-5-6-7-8-9-10-11-15-21-28(31)30-29-23-26-19-16-20-27(22-26)32-24-25-17-13-12-14-18-25/h12-14,16-20,22-23H,2-11,15,21,24H2,1H3,(H,30,31)/b29-23-. The number of benzene rings is 2. The molecule has 32 heavy (non-hydrogen) atoms. The lowest BCUT2D eigenvalue weighted by Crippen LogP contribution is -2.16. The predicted octanol–water partition coefficient (Wildman–Crippen LogP) is 7.42. The van der Waals surface area contributed by atoms with Crippen LogP contribution in [0.15, 0.2) is 59.7 Å². The summed E-state index contributed by atoms with van der Waals surface area (Å²) in [5.74, 6) is 0.763. The summed E-state index contributed by atoms with van der Waals surface area (Å²) < 4.78 is 5.83. The normalized spacial score (nSPS) is 11.0. The van der Waals surface area contributed by atoms with Gasteiger partial charge in [-0.1, -0.05) is 114 Å². The van der Waals surface area contributed by atoms with Gasteiger partial charge < -0.3 is 4.74 Å². The number of hydrogen-bond acceptors (Lipinski definition) is 3. The van der Waals surface area contributed by atoms with Gasteiger partial charge in [-0.15, -0.1) is 0 Å². The number of carbonyl (C=O) groups is 1. The molecule has 0 saturated carbocycles. The van der Waals surface area contributed by atoms with Crippen molar-refractivity contribution in [1.82, 2.24) is 5.43 Å². The Balaban J connectivity index is 1.53. The van der Waals surface area contributed by atoms with E-state index >= 15 is 0 Å². The maximum Gasteiger partial charge on any atom is 0.240 e. The Morgan fingerprint density at radius 3 is 2.19 bits per heavy atom. The second kappa shape index (κ2) is 17.0. The quantitative estimate of drug-likeness (QED) is 0.159. The van der Waals surface area contributed by atoms with Gasteiger partial charge in [-0.25, -0.2) is 5.43 Å². The van der Waals surface area contributed by atoms with Gasteiger partial charge in [0.2, 0.25) is 5.91 Å². The van der Waals surface area contributed by atoms with E-state index in [2.05, 4.69) is 17.5 Å². The van der Waals surface area contributed by atoms with Crippen molar-refractivity contribution < 1.29 is 9.53 Å². The van der Waals surface area contributed by atoms with Gasteiger partial charge in [-0.2, -0.15) is 5.10 Å². The summed E-state index contributed by atoms with van der Waals surface area (Å²) in [6, 6.07) is 17.8. The summed E-state index contributed by atoms with van der Waals surface area (Å²) >= 11 is 0. The molecule has 1 N–H and O–H groups in total. The van der Waals surface area contributed by atoms with Crippen molar-refractivity contribution in [3.05, 3.63) is 65.7 Å². The number of ether oxygens (including phenoxy) is 1. The van der Waals surface area contributed by atoms with Crippen LogP contribution in [0.2, 0.25) is 0 Å². The minimum Gasteiger partial charge on any atom is -0.489 e. The predicted molar refractivity (Wildman–Crippen MR) is 134 cm³/mol. The van der Waals surface area contributed by atoms with Gasteiger partial charge in [0, 0.05) is 6.42 Å². The largest absolute Gasteiger partial charge is 0.489 e. The second-order valence-electron chi connectivity index (χ2n) is 8.43. The Bertz CT molecular complexity index is 774. The molecule has 0 unspecified atom stereocenters. The van der Waals surface area contributed by atoms with Gasteiger partial charge in [-0.3, -0.25) is 4.79 Å². The fraction of sp³-hybridized carbons (Fsp3) is 0.500. The average molecular weight is 437 g/mol. The highest BCUT2D eigenvalue weighted by atomic mass is 16.5. The summed E-state index contributed by atoms with van der Waals surface area (Å²) in [7, 11) is 0. The van der Waals surface area contributed by atoms with Crippen LogP contribution in [0.25, 0.3) is 0 Å². The third kappa shape index (κ3) is 12.3. The van der Waals surface area contributed by atoms with Gasteiger partial charge in [0.05, 0.1) is 6.21 Å². The van der Waals surface area contributed by atoms with Crippen molar-refractivity contribution >= 4 is 12.1 Å². The Morgan fingerprint density at radius 1 is 0.844 bits per heavy atom. The van der Waals surface area contributed by atoms with Crippen LogP contribution >= 0.6 is 0 Å². The zero-order valence-electron chi connectivity index (χ0n) is 19.7. The summed E-state index contributed by atoms with van der Waals surface area (Å²) in [5.41, 5.74) is 4.65. The first-order chi connectivity index (χ1) is 15.8. The minimum atomic E-state index is -0.0198. The molecule has 0 saturated heterocycles. The molecule has 0 heterocycles. The van der Waals surface area contributed by atoms with Gasteiger partial charge in [0.1, 0.15) is 12.4 Å². The van der Waals surface area contributed by atoms with E-state index in [9.17, 15) is 4.79 Å². The third-order valence-corrected chi connectivity index (χ3v) is 5.52. The molecule has 0 fully saturated rings. The van der Waals surface area contributed by atoms with Crippen LogP contribution in [0, 0.1) is 0 Å². The molecule has 0 bridgehead atoms. The van der Waals surface area contributed by atoms with E-state index in [4.69, 9.17) is 4.74 Å². The molecule has 0 spiro atoms. The molecule has 0 aliphatic carbocycles. The molecule has 174 valence electrons. The molecular formula is C28H40N2O2. The summed E-state index contributed by atoms with van der Waals surface area (Å²) in [4.78, 5) is 12.0. The van der Waals surface area contributed by atoms with Crippen LogP contribution in [0.3, 0.4) is 0 Å². The first-order valence-corrected chi connectivity index (χ1v) is 12.4. The molecule has 0 aliphatic rings. The molecule has 1 amide bonds. The van der Waals surface area contributed by atoms with Gasteiger partial charge in [0.25, 0.3) is 0 Å². The van der Waals surface area contributed by atoms with Crippen molar-refractivity contribution in [3.63, 3.8) is 0 Å². The molecule has 4 heteroatoms. The molecule has 2 aromatic carbocycles. The number of rotatable bonds is 17. The SMILES string of the molecule is CCCCCCCCCCCCCC(=O)N/N=C\c1cccc(OCc2ccccc2)c1. The van der Waals surface area contributed by atoms with Crippen molar-refractivity contribution in [1.29, 1.82) is 0 Å². The minimum absolute atomic E-state index is 0.0198. The summed E-state index contributed by atoms with van der Waals surface area (Å²) in [6.45, 7) is 2.78. The van der Waals surface area contributed by atoms with Crippen molar-refractivity contribution in [3.8, 4) is 5.75 Å². The fourth-order valence-corrected chi connectivity index (χ4v) is 3.61. The third-order valence-electron chi connectivity index (χ3n) is 5.52. The first kappa shape index (κ1) is 25.6. The highest BCUT2D eigenvalue weighted by Crippen LogP contribution is 2.14. The van der Waals surface area contributed by atoms with Crippen molar-refractivity contribution in [2.24, 2.45) is 5.10 Å². The van der Waals surface area contributed by atoms with Crippen LogP contribution in [0.4, 0.5) is 0 Å². The maximum absolute atomic E-state index is 12.0. The number of unbranched alkanes of at least 4 members (excludes halogenated alkanes) is 10. The molecule has 4 nitrogen and oxygen atoms in total. The molecular weight excluding hydrogens is 396 g/mol. The average Bonchev–Trinajstić information content (AvgIpc) is 2.82. The maximum atomic E-state index is 12.0. The molecule has 2 aromatic rings. The Labute approximate surface area is 194 Å². The number of nitrogens with one attached hydrogen (secondary N) is 1. The van der Waals surface area contributed by atoms with Crippen molar-refractivity contribution in [2.45, 2.75) is 90.6 Å². The Kier molecular flexibility index (Phi) is 13.6. The summed E-state index contributed by atoms with van der Waals surface area (Å²) in [5, 5.41) is 4.09. The lowest BCUT2D eigenvalue weighted by molar-refractivity contribution is -0.121. The highest BCUT2D eigenvalue weighted by molar-refractivity contribution is 5.82. The molecule has 2 rings (SSSR count).